The number of hydrogen-bond acceptors (Lipinski definition) is 4. The lowest BCUT2D eigenvalue weighted by Crippen LogP contribution is -2.26. The van der Waals surface area contributed by atoms with Gasteiger partial charge in [-0.1, -0.05) is 26.2 Å². The van der Waals surface area contributed by atoms with Crippen LogP contribution in [0.4, 0.5) is 5.13 Å². The zero-order valence-corrected chi connectivity index (χ0v) is 13.2. The molecule has 0 saturated carbocycles. The van der Waals surface area contributed by atoms with E-state index in [0.717, 1.165) is 13.1 Å². The summed E-state index contributed by atoms with van der Waals surface area (Å²) in [7, 11) is 0. The molecule has 1 aliphatic heterocycles. The van der Waals surface area contributed by atoms with Gasteiger partial charge >= 0.3 is 0 Å². The van der Waals surface area contributed by atoms with Crippen LogP contribution in [0.25, 0.3) is 0 Å². The molecule has 19 heavy (non-hydrogen) atoms. The number of rotatable bonds is 5. The van der Waals surface area contributed by atoms with Crippen LogP contribution in [0.15, 0.2) is 0 Å². The Labute approximate surface area is 121 Å². The minimum absolute atomic E-state index is 0.977. The minimum Gasteiger partial charge on any atom is -0.348 e. The Morgan fingerprint density at radius 1 is 1.16 bits per heavy atom. The van der Waals surface area contributed by atoms with E-state index in [2.05, 4.69) is 24.1 Å². The third kappa shape index (κ3) is 4.46. The van der Waals surface area contributed by atoms with E-state index in [1.54, 1.807) is 0 Å². The second-order valence-electron chi connectivity index (χ2n) is 5.44. The van der Waals surface area contributed by atoms with Gasteiger partial charge in [0.2, 0.25) is 0 Å². The van der Waals surface area contributed by atoms with E-state index in [0.29, 0.717) is 0 Å². The molecule has 1 aromatic rings. The molecule has 2 rings (SSSR count). The summed E-state index contributed by atoms with van der Waals surface area (Å²) in [6.07, 6.45) is 8.01. The highest BCUT2D eigenvalue weighted by Gasteiger charge is 2.14. The summed E-state index contributed by atoms with van der Waals surface area (Å²) in [4.78, 5) is 8.70. The average Bonchev–Trinajstić information content (AvgIpc) is 2.71. The van der Waals surface area contributed by atoms with Gasteiger partial charge in [-0.05, 0) is 32.7 Å². The van der Waals surface area contributed by atoms with Crippen molar-refractivity contribution in [2.24, 2.45) is 0 Å². The van der Waals surface area contributed by atoms with Gasteiger partial charge in [0.05, 0.1) is 5.69 Å². The Kier molecular flexibility index (Phi) is 6.11. The van der Waals surface area contributed by atoms with Crippen LogP contribution in [-0.4, -0.2) is 24.6 Å². The lowest BCUT2D eigenvalue weighted by atomic mass is 10.1. The Balaban J connectivity index is 1.96. The molecular weight excluding hydrogens is 254 g/mol. The van der Waals surface area contributed by atoms with E-state index >= 15 is 0 Å². The second-order valence-corrected chi connectivity index (χ2v) is 6.50. The molecule has 0 aliphatic carbocycles. The van der Waals surface area contributed by atoms with Crippen LogP contribution in [0, 0.1) is 6.92 Å². The fraction of sp³-hybridized carbons (Fsp3) is 0.800. The third-order valence-corrected chi connectivity index (χ3v) is 4.94. The summed E-state index contributed by atoms with van der Waals surface area (Å²) in [5, 5.41) is 4.73. The maximum atomic E-state index is 4.79. The van der Waals surface area contributed by atoms with Gasteiger partial charge < -0.3 is 10.2 Å². The highest BCUT2D eigenvalue weighted by Crippen LogP contribution is 2.27. The Morgan fingerprint density at radius 2 is 1.84 bits per heavy atom. The van der Waals surface area contributed by atoms with Crippen molar-refractivity contribution in [3.05, 3.63) is 10.6 Å². The first kappa shape index (κ1) is 14.8. The molecule has 1 aliphatic rings. The van der Waals surface area contributed by atoms with Gasteiger partial charge in [-0.2, -0.15) is 0 Å². The minimum atomic E-state index is 0.977. The van der Waals surface area contributed by atoms with Gasteiger partial charge in [-0.3, -0.25) is 0 Å². The van der Waals surface area contributed by atoms with E-state index in [1.807, 2.05) is 11.3 Å². The molecule has 0 unspecified atom stereocenters. The lowest BCUT2D eigenvalue weighted by molar-refractivity contribution is 0.556. The summed E-state index contributed by atoms with van der Waals surface area (Å²) in [5.74, 6) is 0. The van der Waals surface area contributed by atoms with E-state index in [4.69, 9.17) is 4.98 Å². The van der Waals surface area contributed by atoms with E-state index in [-0.39, 0.29) is 0 Å². The molecule has 0 amide bonds. The van der Waals surface area contributed by atoms with Crippen molar-refractivity contribution in [3.63, 3.8) is 0 Å². The standard InChI is InChI=1S/C15H27N3S/c1-3-9-16-12-14-13(2)17-15(19-14)18-10-7-5-4-6-8-11-18/h16H,3-12H2,1-2H3. The fourth-order valence-electron chi connectivity index (χ4n) is 2.53. The molecule has 0 bridgehead atoms. The molecule has 1 saturated heterocycles. The summed E-state index contributed by atoms with van der Waals surface area (Å²) in [5.41, 5.74) is 1.21. The summed E-state index contributed by atoms with van der Waals surface area (Å²) < 4.78 is 0. The van der Waals surface area contributed by atoms with Crippen LogP contribution in [-0.2, 0) is 6.54 Å². The van der Waals surface area contributed by atoms with Crippen LogP contribution in [0.1, 0.15) is 56.0 Å². The molecule has 0 atom stereocenters. The highest BCUT2D eigenvalue weighted by molar-refractivity contribution is 7.15. The van der Waals surface area contributed by atoms with Crippen LogP contribution >= 0.6 is 11.3 Å². The van der Waals surface area contributed by atoms with E-state index in [1.165, 1.54) is 67.3 Å². The van der Waals surface area contributed by atoms with E-state index in [9.17, 15) is 0 Å². The van der Waals surface area contributed by atoms with Crippen LogP contribution in [0.3, 0.4) is 0 Å². The van der Waals surface area contributed by atoms with Gasteiger partial charge in [0.15, 0.2) is 5.13 Å². The van der Waals surface area contributed by atoms with Gasteiger partial charge in [-0.25, -0.2) is 4.98 Å². The topological polar surface area (TPSA) is 28.2 Å². The van der Waals surface area contributed by atoms with Crippen molar-refractivity contribution in [2.75, 3.05) is 24.5 Å². The molecule has 2 heterocycles. The fourth-order valence-corrected chi connectivity index (χ4v) is 3.61. The SMILES string of the molecule is CCCNCc1sc(N2CCCCCCC2)nc1C. The zero-order chi connectivity index (χ0) is 13.5. The maximum absolute atomic E-state index is 4.79. The van der Waals surface area contributed by atoms with Gasteiger partial charge in [0.25, 0.3) is 0 Å². The number of aryl methyl sites for hydroxylation is 1. The van der Waals surface area contributed by atoms with E-state index < -0.39 is 0 Å². The number of nitrogens with one attached hydrogen (secondary N) is 1. The monoisotopic (exact) mass is 281 g/mol. The van der Waals surface area contributed by atoms with Gasteiger partial charge in [-0.15, -0.1) is 11.3 Å². The number of aromatic nitrogens is 1. The summed E-state index contributed by atoms with van der Waals surface area (Å²) in [6.45, 7) is 8.80. The Bertz CT molecular complexity index is 367. The number of anilines is 1. The predicted molar refractivity (Wildman–Crippen MR) is 84.1 cm³/mol. The first-order chi connectivity index (χ1) is 9.31. The average molecular weight is 281 g/mol. The zero-order valence-electron chi connectivity index (χ0n) is 12.4. The Hall–Kier alpha value is -0.610. The quantitative estimate of drug-likeness (QED) is 0.834. The normalized spacial score (nSPS) is 17.3. The van der Waals surface area contributed by atoms with Crippen molar-refractivity contribution in [1.29, 1.82) is 0 Å². The molecule has 1 fully saturated rings. The highest BCUT2D eigenvalue weighted by atomic mass is 32.1. The largest absolute Gasteiger partial charge is 0.348 e. The predicted octanol–water partition coefficient (Wildman–Crippen LogP) is 3.72. The third-order valence-electron chi connectivity index (χ3n) is 3.72. The number of thiazole rings is 1. The van der Waals surface area contributed by atoms with Crippen LogP contribution in [0.5, 0.6) is 0 Å². The van der Waals surface area contributed by atoms with Crippen LogP contribution in [0.2, 0.25) is 0 Å². The molecule has 108 valence electrons. The molecular formula is C15H27N3S. The van der Waals surface area contributed by atoms with Crippen molar-refractivity contribution < 1.29 is 0 Å². The molecule has 0 aromatic carbocycles. The van der Waals surface area contributed by atoms with Crippen LogP contribution < -0.4 is 10.2 Å². The number of nitrogens with zero attached hydrogens (tertiary/aromatic N) is 2. The van der Waals surface area contributed by atoms with Crippen molar-refractivity contribution in [3.8, 4) is 0 Å². The van der Waals surface area contributed by atoms with Crippen molar-refractivity contribution in [2.45, 2.75) is 58.9 Å². The molecule has 4 heteroatoms. The maximum Gasteiger partial charge on any atom is 0.185 e. The van der Waals surface area contributed by atoms with Crippen molar-refractivity contribution in [1.82, 2.24) is 10.3 Å². The molecule has 1 N–H and O–H groups in total. The Morgan fingerprint density at radius 3 is 2.53 bits per heavy atom. The van der Waals surface area contributed by atoms with Gasteiger partial charge in [0, 0.05) is 24.5 Å². The molecule has 3 nitrogen and oxygen atoms in total. The summed E-state index contributed by atoms with van der Waals surface area (Å²) in [6, 6.07) is 0. The first-order valence-electron chi connectivity index (χ1n) is 7.73. The van der Waals surface area contributed by atoms with Crippen molar-refractivity contribution >= 4 is 16.5 Å². The summed E-state index contributed by atoms with van der Waals surface area (Å²) >= 11 is 1.88. The molecule has 0 radical (unpaired) electrons. The smallest absolute Gasteiger partial charge is 0.185 e. The molecule has 0 spiro atoms. The number of hydrogen-bond donors (Lipinski definition) is 1. The first-order valence-corrected chi connectivity index (χ1v) is 8.55. The second kappa shape index (κ2) is 7.85. The van der Waals surface area contributed by atoms with Gasteiger partial charge in [0.1, 0.15) is 0 Å². The lowest BCUT2D eigenvalue weighted by Gasteiger charge is -2.23. The molecule has 1 aromatic heterocycles.